The van der Waals surface area contributed by atoms with E-state index in [1.807, 2.05) is 28.9 Å². The fraction of sp³-hybridized carbons (Fsp3) is 0.421. The molecule has 25 heavy (non-hydrogen) atoms. The fourth-order valence-electron chi connectivity index (χ4n) is 3.22. The molecule has 1 aliphatic rings. The summed E-state index contributed by atoms with van der Waals surface area (Å²) in [6, 6.07) is 7.88. The molecule has 0 bridgehead atoms. The number of hydrogen-bond acceptors (Lipinski definition) is 3. The lowest BCUT2D eigenvalue weighted by atomic mass is 9.94. The van der Waals surface area contributed by atoms with E-state index >= 15 is 0 Å². The number of benzene rings is 1. The van der Waals surface area contributed by atoms with Crippen molar-refractivity contribution < 1.29 is 9.59 Å². The SMILES string of the molecule is CCc1cccc(NC(=O)c2cnn3c2C[C@@H](CNC(C)=O)CC3)c1. The van der Waals surface area contributed by atoms with Gasteiger partial charge in [-0.1, -0.05) is 19.1 Å². The topological polar surface area (TPSA) is 76.0 Å². The molecule has 2 heterocycles. The van der Waals surface area contributed by atoms with Crippen LogP contribution in [-0.2, 0) is 24.2 Å². The quantitative estimate of drug-likeness (QED) is 0.877. The Balaban J connectivity index is 1.72. The molecule has 1 atom stereocenters. The number of rotatable bonds is 5. The third-order valence-electron chi connectivity index (χ3n) is 4.66. The molecule has 0 saturated heterocycles. The lowest BCUT2D eigenvalue weighted by molar-refractivity contribution is -0.119. The van der Waals surface area contributed by atoms with Gasteiger partial charge in [0.05, 0.1) is 17.5 Å². The molecule has 2 N–H and O–H groups in total. The third-order valence-corrected chi connectivity index (χ3v) is 4.66. The van der Waals surface area contributed by atoms with E-state index in [0.29, 0.717) is 18.0 Å². The van der Waals surface area contributed by atoms with Crippen LogP contribution in [-0.4, -0.2) is 28.1 Å². The first kappa shape index (κ1) is 17.2. The van der Waals surface area contributed by atoms with Crippen molar-refractivity contribution in [3.63, 3.8) is 0 Å². The summed E-state index contributed by atoms with van der Waals surface area (Å²) in [5.41, 5.74) is 3.56. The van der Waals surface area contributed by atoms with E-state index in [9.17, 15) is 9.59 Å². The van der Waals surface area contributed by atoms with Gasteiger partial charge in [0, 0.05) is 25.7 Å². The highest BCUT2D eigenvalue weighted by molar-refractivity contribution is 6.05. The summed E-state index contributed by atoms with van der Waals surface area (Å²) in [5, 5.41) is 10.2. The molecule has 2 aromatic rings. The first-order valence-electron chi connectivity index (χ1n) is 8.76. The number of amides is 2. The highest BCUT2D eigenvalue weighted by Crippen LogP contribution is 2.23. The number of anilines is 1. The van der Waals surface area contributed by atoms with Gasteiger partial charge in [-0.2, -0.15) is 5.10 Å². The lowest BCUT2D eigenvalue weighted by Crippen LogP contribution is -2.32. The van der Waals surface area contributed by atoms with Gasteiger partial charge in [0.2, 0.25) is 5.91 Å². The van der Waals surface area contributed by atoms with Crippen molar-refractivity contribution in [1.29, 1.82) is 0 Å². The molecular weight excluding hydrogens is 316 g/mol. The van der Waals surface area contributed by atoms with Crippen molar-refractivity contribution >= 4 is 17.5 Å². The summed E-state index contributed by atoms with van der Waals surface area (Å²) >= 11 is 0. The molecule has 6 nitrogen and oxygen atoms in total. The highest BCUT2D eigenvalue weighted by Gasteiger charge is 2.25. The number of fused-ring (bicyclic) bond motifs is 1. The van der Waals surface area contributed by atoms with Crippen molar-refractivity contribution in [2.75, 3.05) is 11.9 Å². The van der Waals surface area contributed by atoms with Crippen LogP contribution in [0.4, 0.5) is 5.69 Å². The number of carbonyl (C=O) groups excluding carboxylic acids is 2. The van der Waals surface area contributed by atoms with E-state index in [1.54, 1.807) is 6.20 Å². The number of nitrogens with zero attached hydrogens (tertiary/aromatic N) is 2. The molecule has 3 rings (SSSR count). The summed E-state index contributed by atoms with van der Waals surface area (Å²) < 4.78 is 1.90. The second-order valence-electron chi connectivity index (χ2n) is 6.53. The van der Waals surface area contributed by atoms with Crippen LogP contribution < -0.4 is 10.6 Å². The van der Waals surface area contributed by atoms with Gasteiger partial charge in [-0.25, -0.2) is 0 Å². The number of carbonyl (C=O) groups is 2. The fourth-order valence-corrected chi connectivity index (χ4v) is 3.22. The van der Waals surface area contributed by atoms with Crippen molar-refractivity contribution in [3.8, 4) is 0 Å². The Morgan fingerprint density at radius 1 is 1.36 bits per heavy atom. The van der Waals surface area contributed by atoms with Crippen LogP contribution in [0.1, 0.15) is 41.9 Å². The Morgan fingerprint density at radius 3 is 2.96 bits per heavy atom. The lowest BCUT2D eigenvalue weighted by Gasteiger charge is -2.24. The van der Waals surface area contributed by atoms with E-state index in [1.165, 1.54) is 12.5 Å². The minimum absolute atomic E-state index is 0.0205. The molecule has 6 heteroatoms. The Kier molecular flexibility index (Phi) is 5.16. The van der Waals surface area contributed by atoms with Crippen molar-refractivity contribution in [1.82, 2.24) is 15.1 Å². The smallest absolute Gasteiger partial charge is 0.259 e. The molecule has 1 aliphatic heterocycles. The molecule has 1 aromatic carbocycles. The zero-order valence-electron chi connectivity index (χ0n) is 14.7. The maximum absolute atomic E-state index is 12.7. The van der Waals surface area contributed by atoms with Crippen LogP contribution >= 0.6 is 0 Å². The van der Waals surface area contributed by atoms with E-state index in [-0.39, 0.29) is 11.8 Å². The van der Waals surface area contributed by atoms with Gasteiger partial charge in [0.25, 0.3) is 5.91 Å². The largest absolute Gasteiger partial charge is 0.356 e. The molecule has 0 aliphatic carbocycles. The average Bonchev–Trinajstić information content (AvgIpc) is 3.03. The molecule has 0 radical (unpaired) electrons. The Bertz CT molecular complexity index is 781. The Hall–Kier alpha value is -2.63. The monoisotopic (exact) mass is 340 g/mol. The molecular formula is C19H24N4O2. The van der Waals surface area contributed by atoms with Gasteiger partial charge in [-0.3, -0.25) is 14.3 Å². The third kappa shape index (κ3) is 4.07. The first-order chi connectivity index (χ1) is 12.1. The number of aromatic nitrogens is 2. The summed E-state index contributed by atoms with van der Waals surface area (Å²) in [6.07, 6.45) is 4.28. The average molecular weight is 340 g/mol. The Labute approximate surface area is 147 Å². The number of hydrogen-bond donors (Lipinski definition) is 2. The van der Waals surface area contributed by atoms with E-state index < -0.39 is 0 Å². The molecule has 0 fully saturated rings. The zero-order chi connectivity index (χ0) is 17.8. The van der Waals surface area contributed by atoms with Crippen molar-refractivity contribution in [3.05, 3.63) is 47.3 Å². The van der Waals surface area contributed by atoms with E-state index in [0.717, 1.165) is 37.2 Å². The molecule has 0 saturated carbocycles. The number of nitrogens with one attached hydrogen (secondary N) is 2. The van der Waals surface area contributed by atoms with Gasteiger partial charge in [-0.15, -0.1) is 0 Å². The summed E-state index contributed by atoms with van der Waals surface area (Å²) in [7, 11) is 0. The molecule has 0 unspecified atom stereocenters. The summed E-state index contributed by atoms with van der Waals surface area (Å²) in [5.74, 6) is 0.186. The summed E-state index contributed by atoms with van der Waals surface area (Å²) in [6.45, 7) is 5.03. The van der Waals surface area contributed by atoms with Gasteiger partial charge >= 0.3 is 0 Å². The van der Waals surface area contributed by atoms with Crippen molar-refractivity contribution in [2.45, 2.75) is 39.7 Å². The maximum atomic E-state index is 12.7. The van der Waals surface area contributed by atoms with Crippen molar-refractivity contribution in [2.24, 2.45) is 5.92 Å². The molecule has 132 valence electrons. The van der Waals surface area contributed by atoms with Crippen LogP contribution in [0.25, 0.3) is 0 Å². The van der Waals surface area contributed by atoms with Gasteiger partial charge in [-0.05, 0) is 42.9 Å². The zero-order valence-corrected chi connectivity index (χ0v) is 14.7. The predicted octanol–water partition coefficient (Wildman–Crippen LogP) is 2.40. The highest BCUT2D eigenvalue weighted by atomic mass is 16.2. The Morgan fingerprint density at radius 2 is 2.20 bits per heavy atom. The minimum atomic E-state index is -0.130. The predicted molar refractivity (Wildman–Crippen MR) is 96.5 cm³/mol. The normalized spacial score (nSPS) is 16.2. The molecule has 1 aromatic heterocycles. The van der Waals surface area contributed by atoms with Crippen LogP contribution in [0, 0.1) is 5.92 Å². The second-order valence-corrected chi connectivity index (χ2v) is 6.53. The standard InChI is InChI=1S/C19H24N4O2/c1-3-14-5-4-6-16(9-14)22-19(25)17-12-21-23-8-7-15(10-18(17)23)11-20-13(2)24/h4-6,9,12,15H,3,7-8,10-11H2,1-2H3,(H,20,24)(H,22,25)/t15-/m0/s1. The molecule has 2 amide bonds. The first-order valence-corrected chi connectivity index (χ1v) is 8.76. The number of aryl methyl sites for hydroxylation is 2. The minimum Gasteiger partial charge on any atom is -0.356 e. The van der Waals surface area contributed by atoms with Crippen LogP contribution in [0.5, 0.6) is 0 Å². The van der Waals surface area contributed by atoms with Gasteiger partial charge < -0.3 is 10.6 Å². The molecule has 0 spiro atoms. The van der Waals surface area contributed by atoms with Crippen LogP contribution in [0.3, 0.4) is 0 Å². The summed E-state index contributed by atoms with van der Waals surface area (Å²) in [4.78, 5) is 23.8. The van der Waals surface area contributed by atoms with E-state index in [2.05, 4.69) is 22.7 Å². The van der Waals surface area contributed by atoms with Gasteiger partial charge in [0.15, 0.2) is 0 Å². The van der Waals surface area contributed by atoms with Gasteiger partial charge in [0.1, 0.15) is 0 Å². The van der Waals surface area contributed by atoms with Crippen LogP contribution in [0.2, 0.25) is 0 Å². The maximum Gasteiger partial charge on any atom is 0.259 e. The second kappa shape index (κ2) is 7.51. The van der Waals surface area contributed by atoms with Crippen LogP contribution in [0.15, 0.2) is 30.5 Å². The van der Waals surface area contributed by atoms with E-state index in [4.69, 9.17) is 0 Å².